The Kier molecular flexibility index (Phi) is 14.3. The van der Waals surface area contributed by atoms with Gasteiger partial charge in [0.15, 0.2) is 0 Å². The number of hydrogen-bond acceptors (Lipinski definition) is 0. The number of nitrogens with zero attached hydrogens (tertiary/aromatic N) is 3. The Bertz CT molecular complexity index is 907. The Morgan fingerprint density at radius 3 is 1.56 bits per heavy atom. The first-order valence-electron chi connectivity index (χ1n) is 14.8. The summed E-state index contributed by atoms with van der Waals surface area (Å²) in [5, 5.41) is 14.4. The largest absolute Gasteiger partial charge is 0.686 e. The van der Waals surface area contributed by atoms with Crippen molar-refractivity contribution in [1.29, 1.82) is 0 Å². The topological polar surface area (TPSA) is 42.3 Å². The summed E-state index contributed by atoms with van der Waals surface area (Å²) >= 11 is 0. The van der Waals surface area contributed by atoms with Gasteiger partial charge in [-0.05, 0) is 0 Å². The third kappa shape index (κ3) is 8.71. The first kappa shape index (κ1) is 34.6. The monoisotopic (exact) mass is 688 g/mol. The molecule has 5 rings (SSSR count). The molecular weight excluding hydrogens is 635 g/mol. The first-order chi connectivity index (χ1) is 18.0. The van der Waals surface area contributed by atoms with Crippen molar-refractivity contribution in [2.24, 2.45) is 0 Å². The fourth-order valence-corrected chi connectivity index (χ4v) is 6.01. The molecule has 0 spiro atoms. The molecule has 3 heterocycles. The van der Waals surface area contributed by atoms with Gasteiger partial charge in [-0.15, -0.1) is 25.2 Å². The van der Waals surface area contributed by atoms with E-state index in [4.69, 9.17) is 10.6 Å². The van der Waals surface area contributed by atoms with Gasteiger partial charge in [-0.2, -0.15) is 73.4 Å². The molecule has 0 saturated carbocycles. The zero-order chi connectivity index (χ0) is 28.0. The molecule has 3 nitrogen and oxygen atoms in total. The van der Waals surface area contributed by atoms with Crippen LogP contribution in [0.1, 0.15) is 94.2 Å². The van der Waals surface area contributed by atoms with E-state index in [2.05, 4.69) is 92.8 Å². The molecule has 0 radical (unpaired) electrons. The molecule has 2 fully saturated rings. The number of hydrogen-bond donors (Lipinski definition) is 0. The van der Waals surface area contributed by atoms with Crippen molar-refractivity contribution in [2.45, 2.75) is 126 Å². The molecule has 0 aromatic heterocycles. The number of rotatable bonds is 2. The number of allylic oxidation sites excluding steroid dienone is 2. The van der Waals surface area contributed by atoms with Crippen LogP contribution < -0.4 is 0 Å². The van der Waals surface area contributed by atoms with E-state index < -0.39 is 0 Å². The second-order valence-corrected chi connectivity index (χ2v) is 11.7. The van der Waals surface area contributed by atoms with Gasteiger partial charge in [0.25, 0.3) is 0 Å². The normalized spacial score (nSPS) is 22.4. The van der Waals surface area contributed by atoms with Crippen LogP contribution in [0.25, 0.3) is 16.0 Å². The predicted molar refractivity (Wildman–Crippen MR) is 168 cm³/mol. The van der Waals surface area contributed by atoms with Gasteiger partial charge in [-0.3, -0.25) is 0 Å². The van der Waals surface area contributed by atoms with Gasteiger partial charge in [0.1, 0.15) is 0 Å². The van der Waals surface area contributed by atoms with Gasteiger partial charge >= 0.3 is 0 Å². The van der Waals surface area contributed by atoms with E-state index in [1.165, 1.54) is 99.9 Å². The van der Waals surface area contributed by atoms with Gasteiger partial charge in [0, 0.05) is 46.9 Å². The van der Waals surface area contributed by atoms with Crippen LogP contribution in [0.2, 0.25) is 0 Å². The molecule has 2 saturated heterocycles. The van der Waals surface area contributed by atoms with Gasteiger partial charge in [-0.1, -0.05) is 120 Å². The second-order valence-electron chi connectivity index (χ2n) is 11.7. The van der Waals surface area contributed by atoms with Crippen molar-refractivity contribution in [3.63, 3.8) is 0 Å². The SMILES string of the molecule is C1=CC[N-]C(C2CCCC(C3CCCC[N-]3)[N-]2)=C1.Cc1c(C)c(C)[c-](C)c1C.Cc1c(C)c(C)[c-](C)c1C.[Yb]. The Hall–Kier alpha value is -0.581. The zero-order valence-corrected chi connectivity index (χ0v) is 27.9. The Balaban J connectivity index is 0.000000219. The summed E-state index contributed by atoms with van der Waals surface area (Å²) in [5.74, 6) is 0. The summed E-state index contributed by atoms with van der Waals surface area (Å²) in [6.07, 6.45) is 13.9. The minimum Gasteiger partial charge on any atom is -0.686 e. The Morgan fingerprint density at radius 1 is 0.667 bits per heavy atom. The van der Waals surface area contributed by atoms with Gasteiger partial charge < -0.3 is 16.0 Å². The van der Waals surface area contributed by atoms with Crippen LogP contribution >= 0.6 is 0 Å². The van der Waals surface area contributed by atoms with Gasteiger partial charge in [0.05, 0.1) is 0 Å². The zero-order valence-electron chi connectivity index (χ0n) is 26.2. The van der Waals surface area contributed by atoms with Crippen LogP contribution in [0, 0.1) is 116 Å². The maximum absolute atomic E-state index is 5.04. The van der Waals surface area contributed by atoms with Crippen LogP contribution in [0.4, 0.5) is 0 Å². The van der Waals surface area contributed by atoms with Crippen molar-refractivity contribution in [1.82, 2.24) is 0 Å². The van der Waals surface area contributed by atoms with E-state index in [1.807, 2.05) is 0 Å². The predicted octanol–water partition coefficient (Wildman–Crippen LogP) is 9.93. The van der Waals surface area contributed by atoms with Crippen LogP contribution in [0.5, 0.6) is 0 Å². The molecule has 226 valence electrons. The average molecular weight is 688 g/mol. The minimum atomic E-state index is 0. The van der Waals surface area contributed by atoms with E-state index in [0.717, 1.165) is 13.1 Å². The van der Waals surface area contributed by atoms with Crippen LogP contribution in [0.3, 0.4) is 0 Å². The van der Waals surface area contributed by atoms with Crippen molar-refractivity contribution in [3.8, 4) is 0 Å². The van der Waals surface area contributed by atoms with Crippen LogP contribution in [0.15, 0.2) is 23.9 Å². The summed E-state index contributed by atoms with van der Waals surface area (Å²) in [7, 11) is 0. The summed E-state index contributed by atoms with van der Waals surface area (Å²) in [5.41, 5.74) is 15.9. The molecular formula is C35H52N3Yb-5. The number of piperidine rings is 2. The van der Waals surface area contributed by atoms with E-state index in [-0.39, 0.29) is 46.9 Å². The Morgan fingerprint density at radius 2 is 1.18 bits per heavy atom. The third-order valence-corrected chi connectivity index (χ3v) is 9.81. The summed E-state index contributed by atoms with van der Waals surface area (Å²) < 4.78 is 0. The molecule has 4 heteroatoms. The molecule has 3 unspecified atom stereocenters. The van der Waals surface area contributed by atoms with Crippen LogP contribution in [-0.4, -0.2) is 31.2 Å². The van der Waals surface area contributed by atoms with E-state index in [9.17, 15) is 0 Å². The molecule has 39 heavy (non-hydrogen) atoms. The fraction of sp³-hybridized carbons (Fsp3) is 0.600. The summed E-state index contributed by atoms with van der Waals surface area (Å²) in [6.45, 7) is 23.9. The standard InChI is InChI=1S/C15H22N3.2C10H15.Yb/c1-3-10-16-12(6-1)14-8-5-9-15(18-14)13-7-2-4-11-17-13;2*1-6-7(2)9(4)10(5)8(6)3;/h1,3,6,13-15H,2,4-5,7-11H2;2*1-5H3;/q-3;2*-1;. The maximum atomic E-state index is 5.04. The van der Waals surface area contributed by atoms with Crippen molar-refractivity contribution < 1.29 is 46.9 Å². The molecule has 3 atom stereocenters. The van der Waals surface area contributed by atoms with Crippen LogP contribution in [-0.2, 0) is 0 Å². The first-order valence-corrected chi connectivity index (χ1v) is 14.8. The van der Waals surface area contributed by atoms with E-state index >= 15 is 0 Å². The minimum absolute atomic E-state index is 0. The van der Waals surface area contributed by atoms with Crippen molar-refractivity contribution in [2.75, 3.05) is 13.1 Å². The molecule has 0 amide bonds. The molecule has 3 aliphatic rings. The quantitative estimate of drug-likeness (QED) is 0.282. The second kappa shape index (κ2) is 16.2. The van der Waals surface area contributed by atoms with Crippen molar-refractivity contribution in [3.05, 3.63) is 95.5 Å². The third-order valence-electron chi connectivity index (χ3n) is 9.81. The molecule has 2 aromatic carbocycles. The van der Waals surface area contributed by atoms with Gasteiger partial charge in [0.2, 0.25) is 0 Å². The molecule has 0 N–H and O–H groups in total. The molecule has 3 aliphatic heterocycles. The van der Waals surface area contributed by atoms with Crippen molar-refractivity contribution >= 4 is 0 Å². The van der Waals surface area contributed by atoms with E-state index in [0.29, 0.717) is 18.1 Å². The van der Waals surface area contributed by atoms with E-state index in [1.54, 1.807) is 0 Å². The fourth-order valence-electron chi connectivity index (χ4n) is 6.01. The van der Waals surface area contributed by atoms with Gasteiger partial charge in [-0.25, -0.2) is 0 Å². The average Bonchev–Trinajstić information content (AvgIpc) is 3.24. The molecule has 2 aromatic rings. The molecule has 0 bridgehead atoms. The molecule has 0 aliphatic carbocycles. The summed E-state index contributed by atoms with van der Waals surface area (Å²) in [6, 6.07) is 1.30. The Labute approximate surface area is 279 Å². The smallest absolute Gasteiger partial charge is 0 e. The maximum Gasteiger partial charge on any atom is 0 e. The summed E-state index contributed by atoms with van der Waals surface area (Å²) in [4.78, 5) is 0.